The smallest absolute Gasteiger partial charge is 0.310 e. The van der Waals surface area contributed by atoms with Gasteiger partial charge in [0.25, 0.3) is 0 Å². The van der Waals surface area contributed by atoms with Gasteiger partial charge in [0.2, 0.25) is 0 Å². The second kappa shape index (κ2) is 12.5. The third-order valence-corrected chi connectivity index (χ3v) is 7.17. The Hall–Kier alpha value is -2.21. The number of carbonyl (C=O) groups excluding carboxylic acids is 1. The second-order valence-electron chi connectivity index (χ2n) is 9.97. The first-order valence-electron chi connectivity index (χ1n) is 12.7. The minimum atomic E-state index is -0.507. The third kappa shape index (κ3) is 7.14. The fourth-order valence-corrected chi connectivity index (χ4v) is 4.99. The van der Waals surface area contributed by atoms with Gasteiger partial charge in [0, 0.05) is 0 Å². The number of aliphatic hydroxyl groups excluding tert-OH is 2. The van der Waals surface area contributed by atoms with Crippen LogP contribution in [0.2, 0.25) is 0 Å². The van der Waals surface area contributed by atoms with Gasteiger partial charge in [-0.3, -0.25) is 4.79 Å². The Balaban J connectivity index is 1.45. The van der Waals surface area contributed by atoms with Crippen molar-refractivity contribution in [1.82, 2.24) is 4.90 Å². The predicted molar refractivity (Wildman–Crippen MR) is 136 cm³/mol. The molecule has 1 aliphatic heterocycles. The van der Waals surface area contributed by atoms with Gasteiger partial charge in [-0.15, -0.1) is 0 Å². The maximum absolute atomic E-state index is 12.0. The van der Waals surface area contributed by atoms with Crippen molar-refractivity contribution < 1.29 is 19.7 Å². The molecular weight excluding hydrogens is 426 g/mol. The number of piperidine rings is 1. The lowest BCUT2D eigenvalue weighted by Crippen LogP contribution is -2.36. The molecule has 2 unspecified atom stereocenters. The zero-order valence-corrected chi connectivity index (χ0v) is 21.2. The molecule has 5 heteroatoms. The van der Waals surface area contributed by atoms with E-state index in [2.05, 4.69) is 4.90 Å². The normalized spacial score (nSPS) is 17.0. The largest absolute Gasteiger partial charge is 0.463 e. The predicted octanol–water partition coefficient (Wildman–Crippen LogP) is 5.06. The quantitative estimate of drug-likeness (QED) is 0.478. The van der Waals surface area contributed by atoms with Crippen molar-refractivity contribution in [2.75, 3.05) is 19.6 Å². The van der Waals surface area contributed by atoms with Crippen LogP contribution in [0.15, 0.2) is 42.5 Å². The molecule has 1 heterocycles. The molecule has 0 radical (unpaired) electrons. The molecule has 0 saturated carbocycles. The summed E-state index contributed by atoms with van der Waals surface area (Å²) in [6, 6.07) is 13.9. The fourth-order valence-electron chi connectivity index (χ4n) is 4.99. The zero-order chi connectivity index (χ0) is 24.7. The Labute approximate surface area is 204 Å². The number of benzene rings is 2. The standard InChI is InChI=1S/C29H41NO4/c1-20(2)34-28(32)19-25-12-13-26(22(4)21(25)3)27(31)11-8-16-30-17-14-24(15-18-30)29(33)23-9-6-5-7-10-23/h5-7,9-10,12-13,20,24,27,29,31,33H,8,11,14-19H2,1-4H3. The van der Waals surface area contributed by atoms with E-state index in [0.29, 0.717) is 12.3 Å². The van der Waals surface area contributed by atoms with Crippen LogP contribution in [0.1, 0.15) is 79.6 Å². The molecule has 5 nitrogen and oxygen atoms in total. The maximum Gasteiger partial charge on any atom is 0.310 e. The van der Waals surface area contributed by atoms with Crippen LogP contribution in [0.5, 0.6) is 0 Å². The third-order valence-electron chi connectivity index (χ3n) is 7.17. The van der Waals surface area contributed by atoms with Crippen molar-refractivity contribution >= 4 is 5.97 Å². The summed E-state index contributed by atoms with van der Waals surface area (Å²) in [5, 5.41) is 21.5. The van der Waals surface area contributed by atoms with Crippen molar-refractivity contribution in [3.8, 4) is 0 Å². The lowest BCUT2D eigenvalue weighted by atomic mass is 9.87. The van der Waals surface area contributed by atoms with Crippen LogP contribution < -0.4 is 0 Å². The summed E-state index contributed by atoms with van der Waals surface area (Å²) >= 11 is 0. The molecule has 1 aliphatic rings. The summed E-state index contributed by atoms with van der Waals surface area (Å²) in [5.74, 6) is 0.0945. The fraction of sp³-hybridized carbons (Fsp3) is 0.552. The Morgan fingerprint density at radius 3 is 2.35 bits per heavy atom. The molecule has 0 spiro atoms. The SMILES string of the molecule is Cc1c(CC(=O)OC(C)C)ccc(C(O)CCCN2CCC(C(O)c3ccccc3)CC2)c1C. The number of rotatable bonds is 10. The Kier molecular flexibility index (Phi) is 9.69. The number of hydrogen-bond donors (Lipinski definition) is 2. The second-order valence-corrected chi connectivity index (χ2v) is 9.97. The molecule has 186 valence electrons. The molecule has 2 N–H and O–H groups in total. The average Bonchev–Trinajstić information content (AvgIpc) is 2.82. The van der Waals surface area contributed by atoms with E-state index in [4.69, 9.17) is 4.74 Å². The summed E-state index contributed by atoms with van der Waals surface area (Å²) in [6.45, 7) is 10.7. The van der Waals surface area contributed by atoms with E-state index in [1.54, 1.807) is 0 Å². The van der Waals surface area contributed by atoms with Crippen LogP contribution in [-0.4, -0.2) is 46.8 Å². The topological polar surface area (TPSA) is 70.0 Å². The monoisotopic (exact) mass is 467 g/mol. The van der Waals surface area contributed by atoms with Gasteiger partial charge >= 0.3 is 5.97 Å². The van der Waals surface area contributed by atoms with Gasteiger partial charge < -0.3 is 19.8 Å². The van der Waals surface area contributed by atoms with Crippen LogP contribution in [-0.2, 0) is 16.0 Å². The molecule has 1 saturated heterocycles. The highest BCUT2D eigenvalue weighted by atomic mass is 16.5. The van der Waals surface area contributed by atoms with Crippen molar-refractivity contribution in [3.63, 3.8) is 0 Å². The number of carbonyl (C=O) groups is 1. The van der Waals surface area contributed by atoms with E-state index in [1.165, 1.54) is 0 Å². The molecule has 0 bridgehead atoms. The molecule has 2 aromatic carbocycles. The van der Waals surface area contributed by atoms with Crippen molar-refractivity contribution in [3.05, 3.63) is 70.3 Å². The lowest BCUT2D eigenvalue weighted by molar-refractivity contribution is -0.146. The van der Waals surface area contributed by atoms with E-state index < -0.39 is 6.10 Å². The molecule has 0 aromatic heterocycles. The van der Waals surface area contributed by atoms with Crippen LogP contribution in [0.4, 0.5) is 0 Å². The molecule has 2 atom stereocenters. The number of esters is 1. The summed E-state index contributed by atoms with van der Waals surface area (Å²) in [6.07, 6.45) is 2.88. The van der Waals surface area contributed by atoms with E-state index in [0.717, 1.165) is 66.7 Å². The van der Waals surface area contributed by atoms with Gasteiger partial charge in [0.1, 0.15) is 0 Å². The Morgan fingerprint density at radius 1 is 1.03 bits per heavy atom. The minimum absolute atomic E-state index is 0.116. The van der Waals surface area contributed by atoms with Gasteiger partial charge in [-0.2, -0.15) is 0 Å². The van der Waals surface area contributed by atoms with Gasteiger partial charge in [-0.05, 0) is 107 Å². The number of aliphatic hydroxyl groups is 2. The molecule has 3 rings (SSSR count). The maximum atomic E-state index is 12.0. The van der Waals surface area contributed by atoms with E-state index in [-0.39, 0.29) is 24.6 Å². The molecular formula is C29H41NO4. The average molecular weight is 468 g/mol. The van der Waals surface area contributed by atoms with E-state index in [9.17, 15) is 15.0 Å². The Bertz CT molecular complexity index is 919. The highest BCUT2D eigenvalue weighted by Crippen LogP contribution is 2.31. The number of nitrogens with zero attached hydrogens (tertiary/aromatic N) is 1. The number of hydrogen-bond acceptors (Lipinski definition) is 5. The van der Waals surface area contributed by atoms with Gasteiger partial charge in [-0.1, -0.05) is 42.5 Å². The van der Waals surface area contributed by atoms with Crippen molar-refractivity contribution in [2.45, 2.75) is 78.1 Å². The van der Waals surface area contributed by atoms with Gasteiger partial charge in [-0.25, -0.2) is 0 Å². The summed E-state index contributed by atoms with van der Waals surface area (Å²) in [7, 11) is 0. The first kappa shape index (κ1) is 26.4. The first-order valence-corrected chi connectivity index (χ1v) is 12.7. The van der Waals surface area contributed by atoms with Gasteiger partial charge in [0.05, 0.1) is 24.7 Å². The molecule has 1 fully saturated rings. The highest BCUT2D eigenvalue weighted by Gasteiger charge is 2.26. The summed E-state index contributed by atoms with van der Waals surface area (Å²) in [4.78, 5) is 14.5. The van der Waals surface area contributed by atoms with Crippen LogP contribution >= 0.6 is 0 Å². The van der Waals surface area contributed by atoms with Crippen molar-refractivity contribution in [1.29, 1.82) is 0 Å². The molecule has 0 aliphatic carbocycles. The zero-order valence-electron chi connectivity index (χ0n) is 21.2. The van der Waals surface area contributed by atoms with Crippen molar-refractivity contribution in [2.24, 2.45) is 5.92 Å². The molecule has 0 amide bonds. The number of ether oxygens (including phenoxy) is 1. The minimum Gasteiger partial charge on any atom is -0.463 e. The number of likely N-dealkylation sites (tertiary alicyclic amines) is 1. The highest BCUT2D eigenvalue weighted by molar-refractivity contribution is 5.73. The lowest BCUT2D eigenvalue weighted by Gasteiger charge is -2.34. The van der Waals surface area contributed by atoms with E-state index >= 15 is 0 Å². The van der Waals surface area contributed by atoms with E-state index in [1.807, 2.05) is 70.2 Å². The molecule has 2 aromatic rings. The first-order chi connectivity index (χ1) is 16.3. The van der Waals surface area contributed by atoms with Crippen LogP contribution in [0.25, 0.3) is 0 Å². The summed E-state index contributed by atoms with van der Waals surface area (Å²) in [5.41, 5.74) is 5.02. The Morgan fingerprint density at radius 2 is 1.71 bits per heavy atom. The molecule has 34 heavy (non-hydrogen) atoms. The summed E-state index contributed by atoms with van der Waals surface area (Å²) < 4.78 is 5.27. The van der Waals surface area contributed by atoms with Crippen LogP contribution in [0, 0.1) is 19.8 Å². The van der Waals surface area contributed by atoms with Crippen LogP contribution in [0.3, 0.4) is 0 Å². The van der Waals surface area contributed by atoms with Gasteiger partial charge in [0.15, 0.2) is 0 Å².